The second-order valence-corrected chi connectivity index (χ2v) is 18.8. The van der Waals surface area contributed by atoms with Crippen LogP contribution in [0.4, 0.5) is 0 Å². The molecule has 0 radical (unpaired) electrons. The van der Waals surface area contributed by atoms with Crippen molar-refractivity contribution in [1.82, 2.24) is 5.32 Å². The fraction of sp³-hybridized carbons (Fsp3) is 0.911. The number of hydrogen-bond acceptors (Lipinski definition) is 5. The van der Waals surface area contributed by atoms with Crippen molar-refractivity contribution >= 4 is 23.8 Å². The molecule has 7 fully saturated rings. The Hall–Kier alpha value is -2.12. The fourth-order valence-corrected chi connectivity index (χ4v) is 14.7. The first-order valence-electron chi connectivity index (χ1n) is 22.5. The topological polar surface area (TPSA) is 130 Å². The highest BCUT2D eigenvalue weighted by molar-refractivity contribution is 5.86. The summed E-state index contributed by atoms with van der Waals surface area (Å²) in [5.41, 5.74) is 0. The maximum absolute atomic E-state index is 13.2. The van der Waals surface area contributed by atoms with Gasteiger partial charge in [-0.15, -0.1) is 0 Å². The molecule has 0 heterocycles. The molecule has 7 rings (SSSR count). The number of carbonyl (C=O) groups is 4. The van der Waals surface area contributed by atoms with E-state index in [1.54, 1.807) is 0 Å². The van der Waals surface area contributed by atoms with Crippen LogP contribution in [0.5, 0.6) is 0 Å². The standard InChI is InChI=1S/C23H37NO3.C22H36O4/c1-3-14-10-15(4-2)19-17-11-16(18(14)19)20(21(17)23(26)27)22(25)24-12-13-8-6-5-7-9-13;1-4-7-8-9-10-26-22(25)20-16-12-15(19(20)21(23)24)17-13(5-2)11-14(6-3)18(16)17/h13-21H,3-12H2,1-2H3,(H,24,25)(H,26,27);13-20H,4-12H2,1-3H3,(H,23,24). The highest BCUT2D eigenvalue weighted by atomic mass is 16.5. The van der Waals surface area contributed by atoms with Gasteiger partial charge in [-0.2, -0.15) is 0 Å². The summed E-state index contributed by atoms with van der Waals surface area (Å²) in [4.78, 5) is 50.2. The monoisotopic (exact) mass is 740 g/mol. The number of hydrogen-bond donors (Lipinski definition) is 3. The number of nitrogens with one attached hydrogen (secondary N) is 1. The molecule has 7 aliphatic carbocycles. The summed E-state index contributed by atoms with van der Waals surface area (Å²) in [6, 6.07) is 0. The number of carboxylic acids is 2. The zero-order valence-corrected chi connectivity index (χ0v) is 33.7. The molecular formula is C45H73NO7. The Labute approximate surface area is 320 Å². The van der Waals surface area contributed by atoms with Gasteiger partial charge in [0.05, 0.1) is 30.3 Å². The smallest absolute Gasteiger partial charge is 0.310 e. The summed E-state index contributed by atoms with van der Waals surface area (Å²) in [6.45, 7) is 12.4. The van der Waals surface area contributed by atoms with Crippen LogP contribution in [-0.4, -0.2) is 47.2 Å². The van der Waals surface area contributed by atoms with Crippen molar-refractivity contribution in [2.45, 2.75) is 144 Å². The number of carboxylic acid groups (broad SMARTS) is 2. The van der Waals surface area contributed by atoms with Crippen LogP contribution in [0.3, 0.4) is 0 Å². The quantitative estimate of drug-likeness (QED) is 0.113. The number of rotatable bonds is 15. The second-order valence-electron chi connectivity index (χ2n) is 18.8. The van der Waals surface area contributed by atoms with Crippen LogP contribution >= 0.6 is 0 Å². The molecule has 1 amide bonds. The molecule has 0 spiro atoms. The number of esters is 1. The highest BCUT2D eigenvalue weighted by Gasteiger charge is 2.68. The number of fused-ring (bicyclic) bond motifs is 10. The molecule has 4 bridgehead atoms. The van der Waals surface area contributed by atoms with Gasteiger partial charge < -0.3 is 20.3 Å². The average molecular weight is 740 g/mol. The third-order valence-electron chi connectivity index (χ3n) is 16.7. The zero-order valence-electron chi connectivity index (χ0n) is 33.7. The Morgan fingerprint density at radius 1 is 0.566 bits per heavy atom. The van der Waals surface area contributed by atoms with E-state index in [-0.39, 0.29) is 35.5 Å². The van der Waals surface area contributed by atoms with Crippen LogP contribution < -0.4 is 5.32 Å². The molecule has 0 aromatic carbocycles. The van der Waals surface area contributed by atoms with Gasteiger partial charge >= 0.3 is 17.9 Å². The van der Waals surface area contributed by atoms with E-state index in [0.717, 1.165) is 64.3 Å². The van der Waals surface area contributed by atoms with Gasteiger partial charge in [0.25, 0.3) is 0 Å². The molecule has 53 heavy (non-hydrogen) atoms. The maximum atomic E-state index is 13.2. The predicted molar refractivity (Wildman–Crippen MR) is 205 cm³/mol. The van der Waals surface area contributed by atoms with Gasteiger partial charge in [0, 0.05) is 6.54 Å². The maximum Gasteiger partial charge on any atom is 0.310 e. The van der Waals surface area contributed by atoms with Gasteiger partial charge in [0.15, 0.2) is 0 Å². The van der Waals surface area contributed by atoms with Gasteiger partial charge in [0.1, 0.15) is 0 Å². The lowest BCUT2D eigenvalue weighted by molar-refractivity contribution is -0.163. The summed E-state index contributed by atoms with van der Waals surface area (Å²) in [6.07, 6.45) is 19.5. The SMILES string of the molecule is CCC1CC(CC)C2C3CC(C(C(=O)O)C3C(=O)NCC3CCCCC3)C12.CCCCCCOC(=O)C1C2CC(C1C(=O)O)C1C(CC)CC(CC)C21. The van der Waals surface area contributed by atoms with Crippen molar-refractivity contribution in [2.24, 2.45) is 101 Å². The summed E-state index contributed by atoms with van der Waals surface area (Å²) in [7, 11) is 0. The minimum absolute atomic E-state index is 0.0497. The summed E-state index contributed by atoms with van der Waals surface area (Å²) >= 11 is 0. The van der Waals surface area contributed by atoms with Gasteiger partial charge in [-0.25, -0.2) is 0 Å². The van der Waals surface area contributed by atoms with E-state index in [9.17, 15) is 29.4 Å². The Kier molecular flexibility index (Phi) is 13.6. The lowest BCUT2D eigenvalue weighted by Gasteiger charge is -2.39. The number of amides is 1. The fourth-order valence-electron chi connectivity index (χ4n) is 14.7. The van der Waals surface area contributed by atoms with Crippen LogP contribution in [0.2, 0.25) is 0 Å². The molecular weight excluding hydrogens is 666 g/mol. The minimum Gasteiger partial charge on any atom is -0.481 e. The predicted octanol–water partition coefficient (Wildman–Crippen LogP) is 9.10. The van der Waals surface area contributed by atoms with E-state index in [1.807, 2.05) is 0 Å². The largest absolute Gasteiger partial charge is 0.481 e. The van der Waals surface area contributed by atoms with Crippen molar-refractivity contribution in [3.8, 4) is 0 Å². The van der Waals surface area contributed by atoms with Gasteiger partial charge in [-0.3, -0.25) is 19.2 Å². The van der Waals surface area contributed by atoms with Crippen molar-refractivity contribution < 1.29 is 34.1 Å². The minimum atomic E-state index is -0.779. The van der Waals surface area contributed by atoms with Crippen LogP contribution in [0, 0.1) is 101 Å². The zero-order chi connectivity index (χ0) is 38.0. The van der Waals surface area contributed by atoms with E-state index in [2.05, 4.69) is 39.9 Å². The third-order valence-corrected chi connectivity index (χ3v) is 16.7. The number of aliphatic carboxylic acids is 2. The van der Waals surface area contributed by atoms with Crippen LogP contribution in [0.25, 0.3) is 0 Å². The number of carbonyl (C=O) groups excluding carboxylic acids is 2. The number of unbranched alkanes of at least 4 members (excludes halogenated alkanes) is 3. The molecule has 3 N–H and O–H groups in total. The lowest BCUT2D eigenvalue weighted by Crippen LogP contribution is -2.47. The Morgan fingerprint density at radius 2 is 1.02 bits per heavy atom. The van der Waals surface area contributed by atoms with Crippen LogP contribution in [0.15, 0.2) is 0 Å². The molecule has 0 aromatic rings. The van der Waals surface area contributed by atoms with E-state index >= 15 is 0 Å². The van der Waals surface area contributed by atoms with Crippen molar-refractivity contribution in [3.05, 3.63) is 0 Å². The molecule has 16 unspecified atom stereocenters. The Bertz CT molecular complexity index is 1280. The Balaban J connectivity index is 0.000000182. The number of ether oxygens (including phenoxy) is 1. The molecule has 7 saturated carbocycles. The van der Waals surface area contributed by atoms with E-state index in [1.165, 1.54) is 51.4 Å². The summed E-state index contributed by atoms with van der Waals surface area (Å²) in [5, 5.41) is 23.1. The molecule has 16 atom stereocenters. The Morgan fingerprint density at radius 3 is 1.47 bits per heavy atom. The first-order chi connectivity index (χ1) is 25.6. The molecule has 8 heteroatoms. The van der Waals surface area contributed by atoms with Crippen LogP contribution in [0.1, 0.15) is 144 Å². The molecule has 0 aromatic heterocycles. The van der Waals surface area contributed by atoms with Gasteiger partial charge in [-0.1, -0.05) is 98.8 Å². The van der Waals surface area contributed by atoms with Crippen molar-refractivity contribution in [3.63, 3.8) is 0 Å². The van der Waals surface area contributed by atoms with E-state index < -0.39 is 29.7 Å². The van der Waals surface area contributed by atoms with Crippen LogP contribution in [-0.2, 0) is 23.9 Å². The average Bonchev–Trinajstić information content (AvgIpc) is 4.01. The normalized spacial score (nSPS) is 42.1. The van der Waals surface area contributed by atoms with Gasteiger partial charge in [-0.05, 0) is 122 Å². The third kappa shape index (κ3) is 7.70. The molecule has 0 aliphatic heterocycles. The van der Waals surface area contributed by atoms with E-state index in [4.69, 9.17) is 4.74 Å². The molecule has 7 aliphatic rings. The molecule has 0 saturated heterocycles. The second kappa shape index (κ2) is 17.8. The van der Waals surface area contributed by atoms with Crippen molar-refractivity contribution in [1.29, 1.82) is 0 Å². The molecule has 300 valence electrons. The highest BCUT2D eigenvalue weighted by Crippen LogP contribution is 2.69. The first kappa shape index (κ1) is 40.5. The first-order valence-corrected chi connectivity index (χ1v) is 22.5. The lowest BCUT2D eigenvalue weighted by atomic mass is 9.65. The van der Waals surface area contributed by atoms with Gasteiger partial charge in [0.2, 0.25) is 5.91 Å². The van der Waals surface area contributed by atoms with E-state index in [0.29, 0.717) is 65.8 Å². The summed E-state index contributed by atoms with van der Waals surface area (Å²) < 4.78 is 5.57. The summed E-state index contributed by atoms with van der Waals surface area (Å²) in [5.74, 6) is 3.05. The van der Waals surface area contributed by atoms with Crippen molar-refractivity contribution in [2.75, 3.05) is 13.2 Å². The molecule has 8 nitrogen and oxygen atoms in total.